The Morgan fingerprint density at radius 3 is 2.55 bits per heavy atom. The van der Waals surface area contributed by atoms with Crippen molar-refractivity contribution in [2.75, 3.05) is 5.32 Å². The van der Waals surface area contributed by atoms with E-state index in [1.807, 2.05) is 37.3 Å². The van der Waals surface area contributed by atoms with Crippen LogP contribution >= 0.6 is 39.3 Å². The molecule has 1 heterocycles. The van der Waals surface area contributed by atoms with Crippen molar-refractivity contribution < 1.29 is 13.2 Å². The number of carbonyl (C=O) groups is 1. The van der Waals surface area contributed by atoms with Crippen molar-refractivity contribution in [2.24, 2.45) is 0 Å². The second-order valence-electron chi connectivity index (χ2n) is 7.07. The van der Waals surface area contributed by atoms with Gasteiger partial charge in [-0.15, -0.1) is 0 Å². The van der Waals surface area contributed by atoms with Crippen molar-refractivity contribution in [1.29, 1.82) is 0 Å². The molecule has 3 aromatic rings. The van der Waals surface area contributed by atoms with Gasteiger partial charge in [0.1, 0.15) is 0 Å². The lowest BCUT2D eigenvalue weighted by Crippen LogP contribution is -2.18. The van der Waals surface area contributed by atoms with E-state index in [2.05, 4.69) is 21.2 Å². The Hall–Kier alpha value is -2.06. The standard InChI is InChI=1S/C23H17BrClNO3S2/c1-14-3-2-4-19(25)18(14)13-31(28,29)17-9-10-21-20(12-17)26-23(27)22(30-21)11-15-5-7-16(24)8-6-15/h2-12H,13H2,1H3,(H,26,27)/b22-11-. The highest BCUT2D eigenvalue weighted by Gasteiger charge is 2.25. The summed E-state index contributed by atoms with van der Waals surface area (Å²) < 4.78 is 27.0. The minimum atomic E-state index is -3.64. The molecule has 0 saturated heterocycles. The smallest absolute Gasteiger partial charge is 0.262 e. The van der Waals surface area contributed by atoms with E-state index in [4.69, 9.17) is 11.6 Å². The molecule has 31 heavy (non-hydrogen) atoms. The number of nitrogens with one attached hydrogen (secondary N) is 1. The summed E-state index contributed by atoms with van der Waals surface area (Å²) in [6.07, 6.45) is 1.81. The number of thioether (sulfide) groups is 1. The third-order valence-electron chi connectivity index (χ3n) is 4.86. The first-order valence-electron chi connectivity index (χ1n) is 9.30. The van der Waals surface area contributed by atoms with Crippen LogP contribution in [0.2, 0.25) is 5.02 Å². The summed E-state index contributed by atoms with van der Waals surface area (Å²) in [5.41, 5.74) is 2.79. The van der Waals surface area contributed by atoms with Crippen molar-refractivity contribution in [3.8, 4) is 0 Å². The van der Waals surface area contributed by atoms with E-state index in [-0.39, 0.29) is 16.6 Å². The molecule has 0 aliphatic carbocycles. The van der Waals surface area contributed by atoms with Gasteiger partial charge >= 0.3 is 0 Å². The summed E-state index contributed by atoms with van der Waals surface area (Å²) in [5.74, 6) is -0.468. The van der Waals surface area contributed by atoms with Gasteiger partial charge in [0.2, 0.25) is 0 Å². The number of carbonyl (C=O) groups excluding carboxylic acids is 1. The Balaban J connectivity index is 1.62. The van der Waals surface area contributed by atoms with Crippen molar-refractivity contribution in [3.63, 3.8) is 0 Å². The molecule has 1 aliphatic rings. The molecule has 1 aliphatic heterocycles. The highest BCUT2D eigenvalue weighted by Crippen LogP contribution is 2.40. The molecule has 1 N–H and O–H groups in total. The SMILES string of the molecule is Cc1cccc(Cl)c1CS(=O)(=O)c1ccc2c(c1)NC(=O)/C(=C/c1ccc(Br)cc1)S2. The molecule has 0 bridgehead atoms. The maximum absolute atomic E-state index is 13.0. The van der Waals surface area contributed by atoms with E-state index >= 15 is 0 Å². The maximum Gasteiger partial charge on any atom is 0.262 e. The molecule has 0 saturated carbocycles. The first kappa shape index (κ1) is 22.1. The number of hydrogen-bond donors (Lipinski definition) is 1. The predicted molar refractivity (Wildman–Crippen MR) is 130 cm³/mol. The van der Waals surface area contributed by atoms with E-state index in [1.165, 1.54) is 17.8 Å². The summed E-state index contributed by atoms with van der Waals surface area (Å²) >= 11 is 10.9. The molecule has 0 radical (unpaired) electrons. The summed E-state index contributed by atoms with van der Waals surface area (Å²) in [5, 5.41) is 3.24. The number of anilines is 1. The molecule has 1 amide bonds. The minimum absolute atomic E-state index is 0.145. The fraction of sp³-hybridized carbons (Fsp3) is 0.0870. The number of rotatable bonds is 4. The van der Waals surface area contributed by atoms with Crippen molar-refractivity contribution >= 4 is 66.8 Å². The lowest BCUT2D eigenvalue weighted by Gasteiger charge is -2.19. The molecule has 8 heteroatoms. The molecule has 4 rings (SSSR count). The summed E-state index contributed by atoms with van der Waals surface area (Å²) in [6, 6.07) is 17.7. The molecular weight excluding hydrogens is 518 g/mol. The quantitative estimate of drug-likeness (QED) is 0.390. The average molecular weight is 535 g/mol. The number of benzene rings is 3. The van der Waals surface area contributed by atoms with Gasteiger partial charge in [0.05, 0.1) is 21.2 Å². The Kier molecular flexibility index (Phi) is 6.30. The fourth-order valence-electron chi connectivity index (χ4n) is 3.17. The lowest BCUT2D eigenvalue weighted by atomic mass is 10.1. The maximum atomic E-state index is 13.0. The molecule has 0 fully saturated rings. The molecule has 0 atom stereocenters. The van der Waals surface area contributed by atoms with Crippen LogP contribution in [0.1, 0.15) is 16.7 Å². The largest absolute Gasteiger partial charge is 0.320 e. The number of amides is 1. The molecule has 4 nitrogen and oxygen atoms in total. The van der Waals surface area contributed by atoms with Gasteiger partial charge in [0.15, 0.2) is 9.84 Å². The Morgan fingerprint density at radius 2 is 1.84 bits per heavy atom. The fourth-order valence-corrected chi connectivity index (χ4v) is 6.23. The van der Waals surface area contributed by atoms with Crippen LogP contribution in [0.3, 0.4) is 0 Å². The van der Waals surface area contributed by atoms with Crippen LogP contribution in [0.5, 0.6) is 0 Å². The van der Waals surface area contributed by atoms with E-state index < -0.39 is 9.84 Å². The van der Waals surface area contributed by atoms with Crippen LogP contribution < -0.4 is 5.32 Å². The van der Waals surface area contributed by atoms with Gasteiger partial charge in [-0.2, -0.15) is 0 Å². The van der Waals surface area contributed by atoms with Gasteiger partial charge in [0, 0.05) is 14.4 Å². The minimum Gasteiger partial charge on any atom is -0.320 e. The van der Waals surface area contributed by atoms with Crippen LogP contribution in [0.25, 0.3) is 6.08 Å². The second kappa shape index (κ2) is 8.82. The molecule has 0 unspecified atom stereocenters. The Bertz CT molecular complexity index is 1300. The summed E-state index contributed by atoms with van der Waals surface area (Å²) in [7, 11) is -3.64. The number of halogens is 2. The van der Waals surface area contributed by atoms with Crippen molar-refractivity contribution in [1.82, 2.24) is 0 Å². The first-order chi connectivity index (χ1) is 14.7. The Morgan fingerprint density at radius 1 is 1.10 bits per heavy atom. The zero-order chi connectivity index (χ0) is 22.2. The zero-order valence-corrected chi connectivity index (χ0v) is 20.3. The monoisotopic (exact) mass is 533 g/mol. The van der Waals surface area contributed by atoms with Gasteiger partial charge in [-0.05, 0) is 66.1 Å². The highest BCUT2D eigenvalue weighted by molar-refractivity contribution is 9.10. The van der Waals surface area contributed by atoms with Crippen LogP contribution in [0, 0.1) is 6.92 Å². The van der Waals surface area contributed by atoms with Gasteiger partial charge < -0.3 is 5.32 Å². The summed E-state index contributed by atoms with van der Waals surface area (Å²) in [6.45, 7) is 1.83. The molecule has 0 spiro atoms. The third kappa shape index (κ3) is 4.90. The van der Waals surface area contributed by atoms with Crippen LogP contribution in [-0.4, -0.2) is 14.3 Å². The van der Waals surface area contributed by atoms with Gasteiger partial charge in [-0.3, -0.25) is 4.79 Å². The van der Waals surface area contributed by atoms with Crippen LogP contribution in [0.4, 0.5) is 5.69 Å². The number of fused-ring (bicyclic) bond motifs is 1. The third-order valence-corrected chi connectivity index (χ3v) is 8.48. The summed E-state index contributed by atoms with van der Waals surface area (Å²) in [4.78, 5) is 14.1. The average Bonchev–Trinajstić information content (AvgIpc) is 2.72. The van der Waals surface area contributed by atoms with Gasteiger partial charge in [-0.25, -0.2) is 8.42 Å². The Labute approximate surface area is 198 Å². The van der Waals surface area contributed by atoms with Gasteiger partial charge in [-0.1, -0.05) is 63.6 Å². The molecule has 158 valence electrons. The van der Waals surface area contributed by atoms with Crippen molar-refractivity contribution in [3.05, 3.63) is 91.8 Å². The molecular formula is C23H17BrClNO3S2. The molecule has 0 aromatic heterocycles. The van der Waals surface area contributed by atoms with E-state index in [9.17, 15) is 13.2 Å². The van der Waals surface area contributed by atoms with Gasteiger partial charge in [0.25, 0.3) is 5.91 Å². The second-order valence-corrected chi connectivity index (χ2v) is 11.5. The number of aryl methyl sites for hydroxylation is 1. The number of hydrogen-bond acceptors (Lipinski definition) is 4. The predicted octanol–water partition coefficient (Wildman–Crippen LogP) is 6.47. The van der Waals surface area contributed by atoms with E-state index in [0.717, 1.165) is 20.5 Å². The lowest BCUT2D eigenvalue weighted by molar-refractivity contribution is -0.112. The zero-order valence-electron chi connectivity index (χ0n) is 16.4. The topological polar surface area (TPSA) is 63.2 Å². The normalized spacial score (nSPS) is 14.9. The first-order valence-corrected chi connectivity index (χ1v) is 12.9. The molecule has 3 aromatic carbocycles. The van der Waals surface area contributed by atoms with E-state index in [1.54, 1.807) is 30.3 Å². The van der Waals surface area contributed by atoms with Crippen LogP contribution in [0.15, 0.2) is 79.8 Å². The van der Waals surface area contributed by atoms with E-state index in [0.29, 0.717) is 21.2 Å². The number of sulfone groups is 1. The highest BCUT2D eigenvalue weighted by atomic mass is 79.9. The van der Waals surface area contributed by atoms with Crippen molar-refractivity contribution in [2.45, 2.75) is 22.5 Å². The van der Waals surface area contributed by atoms with Crippen LogP contribution in [-0.2, 0) is 20.4 Å².